The number of anilines is 1. The Kier molecular flexibility index (Phi) is 3.88. The van der Waals surface area contributed by atoms with Crippen LogP contribution in [0.4, 0.5) is 14.5 Å². The summed E-state index contributed by atoms with van der Waals surface area (Å²) in [7, 11) is -3.65. The van der Waals surface area contributed by atoms with Crippen LogP contribution in [0.25, 0.3) is 0 Å². The Hall–Kier alpha value is -1.21. The fraction of sp³-hybridized carbons (Fsp3) is 0.571. The zero-order chi connectivity index (χ0) is 15.0. The van der Waals surface area contributed by atoms with Gasteiger partial charge in [0.25, 0.3) is 0 Å². The van der Waals surface area contributed by atoms with Gasteiger partial charge in [0.1, 0.15) is 0 Å². The maximum atomic E-state index is 13.5. The van der Waals surface area contributed by atoms with Crippen LogP contribution in [-0.4, -0.2) is 32.4 Å². The second-order valence-corrected chi connectivity index (χ2v) is 7.39. The Morgan fingerprint density at radius 3 is 2.29 bits per heavy atom. The highest BCUT2D eigenvalue weighted by molar-refractivity contribution is 7.90. The molecule has 0 N–H and O–H groups in total. The molecule has 1 aromatic carbocycles. The molecule has 0 aromatic heterocycles. The maximum Gasteiger partial charge on any atom is 0.304 e. The Balaban J connectivity index is 1.99. The van der Waals surface area contributed by atoms with Gasteiger partial charge < -0.3 is 0 Å². The summed E-state index contributed by atoms with van der Waals surface area (Å²) in [6, 6.07) is 2.12. The maximum absolute atomic E-state index is 13.5. The lowest BCUT2D eigenvalue weighted by atomic mass is 10.0. The second-order valence-electron chi connectivity index (χ2n) is 5.54. The molecular weight excluding hydrogens is 298 g/mol. The van der Waals surface area contributed by atoms with E-state index in [0.717, 1.165) is 31.4 Å². The number of fused-ring (bicyclic) bond motifs is 1. The molecule has 0 unspecified atom stereocenters. The van der Waals surface area contributed by atoms with Crippen molar-refractivity contribution >= 4 is 15.9 Å². The lowest BCUT2D eigenvalue weighted by Crippen LogP contribution is -2.47. The molecule has 0 amide bonds. The molecule has 0 bridgehead atoms. The van der Waals surface area contributed by atoms with Crippen LogP contribution in [0.2, 0.25) is 0 Å². The molecule has 0 saturated carbocycles. The van der Waals surface area contributed by atoms with Crippen molar-refractivity contribution in [1.29, 1.82) is 0 Å². The zero-order valence-corrected chi connectivity index (χ0v) is 12.5. The van der Waals surface area contributed by atoms with Crippen LogP contribution in [0.5, 0.6) is 0 Å². The van der Waals surface area contributed by atoms with E-state index in [1.54, 1.807) is 0 Å². The first kappa shape index (κ1) is 14.7. The predicted octanol–water partition coefficient (Wildman–Crippen LogP) is 2.45. The van der Waals surface area contributed by atoms with Gasteiger partial charge in [0, 0.05) is 25.7 Å². The average Bonchev–Trinajstić information content (AvgIpc) is 2.49. The van der Waals surface area contributed by atoms with E-state index in [4.69, 9.17) is 0 Å². The van der Waals surface area contributed by atoms with Gasteiger partial charge in [-0.1, -0.05) is 6.42 Å². The Morgan fingerprint density at radius 1 is 0.905 bits per heavy atom. The molecule has 1 saturated heterocycles. The van der Waals surface area contributed by atoms with Crippen LogP contribution in [-0.2, 0) is 16.6 Å². The van der Waals surface area contributed by atoms with Crippen LogP contribution in [0, 0.1) is 11.6 Å². The number of halogens is 2. The molecule has 3 rings (SSSR count). The van der Waals surface area contributed by atoms with Crippen molar-refractivity contribution in [3.63, 3.8) is 0 Å². The second kappa shape index (κ2) is 5.53. The van der Waals surface area contributed by atoms with E-state index < -0.39 is 21.8 Å². The van der Waals surface area contributed by atoms with E-state index in [2.05, 4.69) is 0 Å². The van der Waals surface area contributed by atoms with Gasteiger partial charge in [0.2, 0.25) is 0 Å². The molecule has 116 valence electrons. The topological polar surface area (TPSA) is 40.6 Å². The summed E-state index contributed by atoms with van der Waals surface area (Å²) < 4.78 is 55.0. The van der Waals surface area contributed by atoms with Crippen molar-refractivity contribution in [3.05, 3.63) is 29.3 Å². The molecule has 4 nitrogen and oxygen atoms in total. The molecule has 2 aliphatic heterocycles. The van der Waals surface area contributed by atoms with Crippen LogP contribution in [0.3, 0.4) is 0 Å². The number of aryl methyl sites for hydroxylation is 1. The van der Waals surface area contributed by atoms with Gasteiger partial charge >= 0.3 is 10.2 Å². The Bertz CT molecular complexity index is 643. The predicted molar refractivity (Wildman–Crippen MR) is 76.4 cm³/mol. The van der Waals surface area contributed by atoms with Gasteiger partial charge in [-0.2, -0.15) is 12.7 Å². The quantitative estimate of drug-likeness (QED) is 0.841. The molecule has 2 aliphatic rings. The molecule has 0 aliphatic carbocycles. The minimum atomic E-state index is -3.65. The van der Waals surface area contributed by atoms with Crippen LogP contribution in [0.15, 0.2) is 12.1 Å². The van der Waals surface area contributed by atoms with Crippen molar-refractivity contribution in [2.45, 2.75) is 32.1 Å². The van der Waals surface area contributed by atoms with Gasteiger partial charge in [0.05, 0.1) is 5.69 Å². The van der Waals surface area contributed by atoms with E-state index in [-0.39, 0.29) is 5.69 Å². The molecule has 2 heterocycles. The molecule has 0 spiro atoms. The summed E-state index contributed by atoms with van der Waals surface area (Å²) >= 11 is 0. The Morgan fingerprint density at radius 2 is 1.57 bits per heavy atom. The van der Waals surface area contributed by atoms with Gasteiger partial charge in [-0.05, 0) is 37.3 Å². The van der Waals surface area contributed by atoms with E-state index >= 15 is 0 Å². The highest BCUT2D eigenvalue weighted by Crippen LogP contribution is 2.33. The SMILES string of the molecule is O=S(=O)(N1CCCCC1)N1CCCc2cc(F)c(F)cc21. The van der Waals surface area contributed by atoms with Gasteiger partial charge in [0.15, 0.2) is 11.6 Å². The van der Waals surface area contributed by atoms with Crippen molar-refractivity contribution in [2.75, 3.05) is 23.9 Å². The van der Waals surface area contributed by atoms with E-state index in [1.807, 2.05) is 0 Å². The standard InChI is InChI=1S/C14H18F2N2O2S/c15-12-9-11-5-4-8-18(14(11)10-13(12)16)21(19,20)17-6-2-1-3-7-17/h9-10H,1-8H2. The summed E-state index contributed by atoms with van der Waals surface area (Å²) in [4.78, 5) is 0. The fourth-order valence-electron chi connectivity index (χ4n) is 3.02. The first-order valence-electron chi connectivity index (χ1n) is 7.26. The number of piperidine rings is 1. The summed E-state index contributed by atoms with van der Waals surface area (Å²) in [5.41, 5.74) is 0.839. The number of hydrogen-bond donors (Lipinski definition) is 0. The average molecular weight is 316 g/mol. The fourth-order valence-corrected chi connectivity index (χ4v) is 4.79. The number of rotatable bonds is 2. The molecule has 0 atom stereocenters. The van der Waals surface area contributed by atoms with Crippen molar-refractivity contribution < 1.29 is 17.2 Å². The van der Waals surface area contributed by atoms with Gasteiger partial charge in [-0.3, -0.25) is 4.31 Å². The zero-order valence-electron chi connectivity index (χ0n) is 11.7. The van der Waals surface area contributed by atoms with Crippen molar-refractivity contribution in [1.82, 2.24) is 4.31 Å². The van der Waals surface area contributed by atoms with Crippen LogP contribution < -0.4 is 4.31 Å². The van der Waals surface area contributed by atoms with Crippen molar-refractivity contribution in [3.8, 4) is 0 Å². The third-order valence-corrected chi connectivity index (χ3v) is 6.07. The highest BCUT2D eigenvalue weighted by Gasteiger charge is 2.34. The van der Waals surface area contributed by atoms with Crippen molar-refractivity contribution in [2.24, 2.45) is 0 Å². The molecule has 1 aromatic rings. The largest absolute Gasteiger partial charge is 0.304 e. The normalized spacial score (nSPS) is 20.4. The highest BCUT2D eigenvalue weighted by atomic mass is 32.2. The van der Waals surface area contributed by atoms with E-state index in [9.17, 15) is 17.2 Å². The summed E-state index contributed by atoms with van der Waals surface area (Å²) in [6.45, 7) is 1.31. The van der Waals surface area contributed by atoms with Gasteiger partial charge in [-0.25, -0.2) is 8.78 Å². The Labute approximate surface area is 123 Å². The molecule has 7 heteroatoms. The van der Waals surface area contributed by atoms with Gasteiger partial charge in [-0.15, -0.1) is 0 Å². The summed E-state index contributed by atoms with van der Waals surface area (Å²) in [5, 5.41) is 0. The lowest BCUT2D eigenvalue weighted by molar-refractivity contribution is 0.344. The third-order valence-electron chi connectivity index (χ3n) is 4.12. The molecule has 21 heavy (non-hydrogen) atoms. The summed E-state index contributed by atoms with van der Waals surface area (Å²) in [5.74, 6) is -1.93. The minimum absolute atomic E-state index is 0.283. The first-order chi connectivity index (χ1) is 10.00. The van der Waals surface area contributed by atoms with E-state index in [0.29, 0.717) is 38.0 Å². The van der Waals surface area contributed by atoms with E-state index in [1.165, 1.54) is 8.61 Å². The summed E-state index contributed by atoms with van der Waals surface area (Å²) in [6.07, 6.45) is 3.90. The van der Waals surface area contributed by atoms with Crippen LogP contribution in [0.1, 0.15) is 31.2 Å². The minimum Gasteiger partial charge on any atom is -0.257 e. The number of hydrogen-bond acceptors (Lipinski definition) is 2. The number of benzene rings is 1. The lowest BCUT2D eigenvalue weighted by Gasteiger charge is -2.36. The monoisotopic (exact) mass is 316 g/mol. The third kappa shape index (κ3) is 2.64. The smallest absolute Gasteiger partial charge is 0.257 e. The van der Waals surface area contributed by atoms with Crippen LogP contribution >= 0.6 is 0 Å². The molecule has 0 radical (unpaired) electrons. The first-order valence-corrected chi connectivity index (χ1v) is 8.65. The molecule has 1 fully saturated rings. The number of nitrogens with zero attached hydrogens (tertiary/aromatic N) is 2. The molecular formula is C14H18F2N2O2S.